The second-order valence-electron chi connectivity index (χ2n) is 5.22. The summed E-state index contributed by atoms with van der Waals surface area (Å²) in [6.45, 7) is 0. The Balaban J connectivity index is 1.94. The predicted molar refractivity (Wildman–Crippen MR) is 65.0 cm³/mol. The first-order chi connectivity index (χ1) is 9.15. The van der Waals surface area contributed by atoms with Gasteiger partial charge < -0.3 is 5.11 Å². The summed E-state index contributed by atoms with van der Waals surface area (Å²) in [5.41, 5.74) is 2.51. The Morgan fingerprint density at radius 1 is 1.47 bits per heavy atom. The number of carbonyl (C=O) groups is 1. The number of nitrogens with zero attached hydrogens (tertiary/aromatic N) is 2. The van der Waals surface area contributed by atoms with E-state index >= 15 is 0 Å². The second-order valence-corrected chi connectivity index (χ2v) is 5.22. The summed E-state index contributed by atoms with van der Waals surface area (Å²) < 4.78 is 14.9. The molecule has 1 saturated carbocycles. The Labute approximate surface area is 108 Å². The highest BCUT2D eigenvalue weighted by molar-refractivity contribution is 5.88. The summed E-state index contributed by atoms with van der Waals surface area (Å²) >= 11 is 0. The standard InChI is InChI=1S/C14H11FN2O2/c15-8-2-1-3-9(6-8)17-13-10-4-7(10)5-11(13)12(16-17)14(18)19/h1-3,6-7,10H,4-5H2,(H,18,19)/t7-,10-/m1/s1. The average molecular weight is 258 g/mol. The minimum atomic E-state index is -1.01. The molecule has 0 spiro atoms. The third-order valence-electron chi connectivity index (χ3n) is 4.02. The minimum Gasteiger partial charge on any atom is -0.476 e. The summed E-state index contributed by atoms with van der Waals surface area (Å²) in [5.74, 6) is -0.388. The molecule has 2 atom stereocenters. The topological polar surface area (TPSA) is 55.1 Å². The van der Waals surface area contributed by atoms with Gasteiger partial charge in [0, 0.05) is 11.5 Å². The molecule has 0 unspecified atom stereocenters. The Morgan fingerprint density at radius 3 is 3.05 bits per heavy atom. The maximum Gasteiger partial charge on any atom is 0.356 e. The van der Waals surface area contributed by atoms with Crippen molar-refractivity contribution in [2.45, 2.75) is 18.8 Å². The van der Waals surface area contributed by atoms with Gasteiger partial charge in [-0.05, 0) is 37.0 Å². The summed E-state index contributed by atoms with van der Waals surface area (Å²) in [7, 11) is 0. The summed E-state index contributed by atoms with van der Waals surface area (Å²) in [5, 5.41) is 13.4. The number of benzene rings is 1. The van der Waals surface area contributed by atoms with Gasteiger partial charge in [0.05, 0.1) is 11.4 Å². The van der Waals surface area contributed by atoms with Crippen LogP contribution in [0.5, 0.6) is 0 Å². The minimum absolute atomic E-state index is 0.117. The summed E-state index contributed by atoms with van der Waals surface area (Å²) in [6.07, 6.45) is 1.88. The molecule has 0 bridgehead atoms. The van der Waals surface area contributed by atoms with Crippen LogP contribution in [-0.2, 0) is 6.42 Å². The van der Waals surface area contributed by atoms with E-state index in [9.17, 15) is 14.3 Å². The number of aromatic nitrogens is 2. The van der Waals surface area contributed by atoms with Gasteiger partial charge in [0.1, 0.15) is 5.82 Å². The van der Waals surface area contributed by atoms with Gasteiger partial charge in [-0.3, -0.25) is 0 Å². The first kappa shape index (κ1) is 10.7. The maximum atomic E-state index is 13.3. The van der Waals surface area contributed by atoms with E-state index in [4.69, 9.17) is 0 Å². The number of carboxylic acids is 1. The van der Waals surface area contributed by atoms with Gasteiger partial charge >= 0.3 is 5.97 Å². The predicted octanol–water partition coefficient (Wildman–Crippen LogP) is 2.37. The fourth-order valence-electron chi connectivity index (χ4n) is 3.09. The lowest BCUT2D eigenvalue weighted by molar-refractivity contribution is 0.0688. The third-order valence-corrected chi connectivity index (χ3v) is 4.02. The van der Waals surface area contributed by atoms with Crippen LogP contribution in [0.15, 0.2) is 24.3 Å². The molecular weight excluding hydrogens is 247 g/mol. The molecule has 2 aliphatic carbocycles. The average Bonchev–Trinajstić information content (AvgIpc) is 2.87. The molecule has 19 heavy (non-hydrogen) atoms. The Hall–Kier alpha value is -2.17. The van der Waals surface area contributed by atoms with Crippen LogP contribution in [0.1, 0.15) is 34.1 Å². The number of hydrogen-bond acceptors (Lipinski definition) is 2. The molecule has 0 aliphatic heterocycles. The van der Waals surface area contributed by atoms with Crippen molar-refractivity contribution in [1.82, 2.24) is 9.78 Å². The monoisotopic (exact) mass is 258 g/mol. The molecule has 1 fully saturated rings. The van der Waals surface area contributed by atoms with Crippen molar-refractivity contribution >= 4 is 5.97 Å². The first-order valence-electron chi connectivity index (χ1n) is 6.26. The van der Waals surface area contributed by atoms with E-state index in [1.54, 1.807) is 16.8 Å². The zero-order valence-corrected chi connectivity index (χ0v) is 10.0. The molecular formula is C14H11FN2O2. The van der Waals surface area contributed by atoms with E-state index in [1.165, 1.54) is 12.1 Å². The van der Waals surface area contributed by atoms with Gasteiger partial charge in [-0.2, -0.15) is 5.10 Å². The normalized spacial score (nSPS) is 23.0. The zero-order valence-electron chi connectivity index (χ0n) is 10.0. The van der Waals surface area contributed by atoms with Crippen molar-refractivity contribution < 1.29 is 14.3 Å². The highest BCUT2D eigenvalue weighted by Crippen LogP contribution is 2.57. The van der Waals surface area contributed by atoms with Gasteiger partial charge in [-0.15, -0.1) is 0 Å². The molecule has 1 N–H and O–H groups in total. The lowest BCUT2D eigenvalue weighted by atomic mass is 10.1. The molecule has 1 aromatic carbocycles. The number of fused-ring (bicyclic) bond motifs is 3. The number of aromatic carboxylic acids is 1. The largest absolute Gasteiger partial charge is 0.476 e. The molecule has 96 valence electrons. The van der Waals surface area contributed by atoms with E-state index in [1.807, 2.05) is 0 Å². The van der Waals surface area contributed by atoms with Gasteiger partial charge in [-0.25, -0.2) is 13.9 Å². The van der Waals surface area contributed by atoms with Crippen molar-refractivity contribution in [3.05, 3.63) is 47.0 Å². The highest BCUT2D eigenvalue weighted by atomic mass is 19.1. The molecule has 4 nitrogen and oxygen atoms in total. The fourth-order valence-corrected chi connectivity index (χ4v) is 3.09. The molecule has 0 radical (unpaired) electrons. The van der Waals surface area contributed by atoms with E-state index in [0.717, 1.165) is 24.1 Å². The molecule has 0 amide bonds. The summed E-state index contributed by atoms with van der Waals surface area (Å²) in [6, 6.07) is 6.11. The van der Waals surface area contributed by atoms with Crippen molar-refractivity contribution in [1.29, 1.82) is 0 Å². The van der Waals surface area contributed by atoms with Crippen LogP contribution >= 0.6 is 0 Å². The molecule has 1 aromatic heterocycles. The molecule has 2 aromatic rings. The van der Waals surface area contributed by atoms with E-state index in [0.29, 0.717) is 17.5 Å². The van der Waals surface area contributed by atoms with Crippen LogP contribution in [0.4, 0.5) is 4.39 Å². The lowest BCUT2D eigenvalue weighted by Crippen LogP contribution is -2.04. The van der Waals surface area contributed by atoms with Crippen molar-refractivity contribution in [2.75, 3.05) is 0 Å². The van der Waals surface area contributed by atoms with Crippen LogP contribution in [0, 0.1) is 11.7 Å². The van der Waals surface area contributed by atoms with Gasteiger partial charge in [0.25, 0.3) is 0 Å². The number of rotatable bonds is 2. The lowest BCUT2D eigenvalue weighted by Gasteiger charge is -2.06. The second kappa shape index (κ2) is 3.44. The van der Waals surface area contributed by atoms with E-state index < -0.39 is 5.97 Å². The van der Waals surface area contributed by atoms with Crippen LogP contribution < -0.4 is 0 Å². The highest BCUT2D eigenvalue weighted by Gasteiger charge is 2.50. The maximum absolute atomic E-state index is 13.3. The fraction of sp³-hybridized carbons (Fsp3) is 0.286. The Bertz CT molecular complexity index is 707. The summed E-state index contributed by atoms with van der Waals surface area (Å²) in [4.78, 5) is 11.2. The van der Waals surface area contributed by atoms with Crippen LogP contribution in [-0.4, -0.2) is 20.9 Å². The number of halogens is 1. The molecule has 2 aliphatic rings. The van der Waals surface area contributed by atoms with Crippen molar-refractivity contribution in [3.63, 3.8) is 0 Å². The SMILES string of the molecule is O=C(O)c1nn(-c2cccc(F)c2)c2c1C[C@H]1C[C@@H]21. The molecule has 0 saturated heterocycles. The van der Waals surface area contributed by atoms with Crippen LogP contribution in [0.2, 0.25) is 0 Å². The molecule has 5 heteroatoms. The van der Waals surface area contributed by atoms with Gasteiger partial charge in [0.2, 0.25) is 0 Å². The first-order valence-corrected chi connectivity index (χ1v) is 6.26. The van der Waals surface area contributed by atoms with E-state index in [-0.39, 0.29) is 11.5 Å². The molecule has 1 heterocycles. The van der Waals surface area contributed by atoms with Crippen LogP contribution in [0.3, 0.4) is 0 Å². The van der Waals surface area contributed by atoms with Crippen LogP contribution in [0.25, 0.3) is 5.69 Å². The van der Waals surface area contributed by atoms with Crippen molar-refractivity contribution in [3.8, 4) is 5.69 Å². The van der Waals surface area contributed by atoms with Gasteiger partial charge in [0.15, 0.2) is 5.69 Å². The Kier molecular flexibility index (Phi) is 1.94. The third kappa shape index (κ3) is 1.44. The van der Waals surface area contributed by atoms with Crippen molar-refractivity contribution in [2.24, 2.45) is 5.92 Å². The molecule has 4 rings (SSSR count). The van der Waals surface area contributed by atoms with Gasteiger partial charge in [-0.1, -0.05) is 6.07 Å². The smallest absolute Gasteiger partial charge is 0.356 e. The quantitative estimate of drug-likeness (QED) is 0.899. The zero-order chi connectivity index (χ0) is 13.1. The Morgan fingerprint density at radius 2 is 2.32 bits per heavy atom. The van der Waals surface area contributed by atoms with E-state index in [2.05, 4.69) is 5.10 Å². The number of carboxylic acid groups (broad SMARTS) is 1. The number of hydrogen-bond donors (Lipinski definition) is 1.